The molecule has 0 amide bonds. The number of allylic oxidation sites excluding steroid dienone is 2. The summed E-state index contributed by atoms with van der Waals surface area (Å²) in [5.41, 5.74) is 2.70. The van der Waals surface area contributed by atoms with Crippen LogP contribution in [-0.4, -0.2) is 41.1 Å². The van der Waals surface area contributed by atoms with E-state index in [4.69, 9.17) is 4.74 Å². The molecule has 0 bridgehead atoms. The van der Waals surface area contributed by atoms with Crippen molar-refractivity contribution in [1.29, 1.82) is 0 Å². The van der Waals surface area contributed by atoms with Gasteiger partial charge in [0.25, 0.3) is 5.56 Å². The van der Waals surface area contributed by atoms with E-state index in [0.29, 0.717) is 31.1 Å². The zero-order valence-electron chi connectivity index (χ0n) is 19.9. The van der Waals surface area contributed by atoms with Crippen molar-refractivity contribution in [3.8, 4) is 5.75 Å². The van der Waals surface area contributed by atoms with Crippen molar-refractivity contribution in [2.45, 2.75) is 53.0 Å². The number of aromatic nitrogens is 2. The predicted octanol–water partition coefficient (Wildman–Crippen LogP) is 5.15. The first-order valence-electron chi connectivity index (χ1n) is 11.4. The number of hydrogen-bond acceptors (Lipinski definition) is 5. The molecule has 184 valence electrons. The van der Waals surface area contributed by atoms with Crippen LogP contribution in [0.5, 0.6) is 5.75 Å². The summed E-state index contributed by atoms with van der Waals surface area (Å²) in [6, 6.07) is 8.42. The molecule has 1 aliphatic heterocycles. The van der Waals surface area contributed by atoms with Crippen LogP contribution >= 0.6 is 24.8 Å². The molecule has 6 nitrogen and oxygen atoms in total. The Kier molecular flexibility index (Phi) is 13.2. The topological polar surface area (TPSA) is 70.2 Å². The Bertz CT molecular complexity index is 933. The summed E-state index contributed by atoms with van der Waals surface area (Å²) in [4.78, 5) is 22.1. The zero-order valence-corrected chi connectivity index (χ0v) is 21.6. The number of H-pyrrole nitrogens is 1. The highest BCUT2D eigenvalue weighted by Crippen LogP contribution is 2.20. The van der Waals surface area contributed by atoms with E-state index in [0.717, 1.165) is 30.3 Å². The quantitative estimate of drug-likeness (QED) is 0.351. The van der Waals surface area contributed by atoms with Crippen LogP contribution in [0.3, 0.4) is 0 Å². The second-order valence-corrected chi connectivity index (χ2v) is 8.51. The highest BCUT2D eigenvalue weighted by Gasteiger charge is 2.16. The largest absolute Gasteiger partial charge is 0.494 e. The minimum absolute atomic E-state index is 0. The number of benzene rings is 1. The summed E-state index contributed by atoms with van der Waals surface area (Å²) < 4.78 is 5.95. The minimum Gasteiger partial charge on any atom is -0.494 e. The molecule has 1 aromatic carbocycles. The molecule has 1 aromatic heterocycles. The standard InChI is InChI=1S/C25H36N4O2.2ClH/c1-4-5-12-23-20(3)27-25(28-24(23)30)26-13-8-15-31-22-11-6-10-21(16-22)18-29-14-7-9-19(2)17-29;;/h4-6,10-11,16,19H,7-9,12-15,17-18H2,1-3H3,(H2,26,27,28,30);2*1H/b5-4-;;. The highest BCUT2D eigenvalue weighted by atomic mass is 35.5. The molecule has 8 heteroatoms. The number of anilines is 1. The number of aromatic amines is 1. The van der Waals surface area contributed by atoms with Crippen molar-refractivity contribution in [1.82, 2.24) is 14.9 Å². The van der Waals surface area contributed by atoms with E-state index in [1.807, 2.05) is 32.1 Å². The van der Waals surface area contributed by atoms with Gasteiger partial charge in [-0.05, 0) is 69.7 Å². The second kappa shape index (κ2) is 15.0. The monoisotopic (exact) mass is 496 g/mol. The second-order valence-electron chi connectivity index (χ2n) is 8.51. The van der Waals surface area contributed by atoms with E-state index in [1.54, 1.807) is 0 Å². The molecule has 0 spiro atoms. The molecule has 1 saturated heterocycles. The molecule has 2 N–H and O–H groups in total. The Morgan fingerprint density at radius 2 is 2.15 bits per heavy atom. The maximum absolute atomic E-state index is 12.2. The van der Waals surface area contributed by atoms with Gasteiger partial charge >= 0.3 is 0 Å². The van der Waals surface area contributed by atoms with Crippen LogP contribution in [-0.2, 0) is 13.0 Å². The maximum atomic E-state index is 12.2. The average molecular weight is 498 g/mol. The number of nitrogens with zero attached hydrogens (tertiary/aromatic N) is 2. The third kappa shape index (κ3) is 9.40. The van der Waals surface area contributed by atoms with Gasteiger partial charge in [-0.3, -0.25) is 14.7 Å². The fourth-order valence-electron chi connectivity index (χ4n) is 4.06. The van der Waals surface area contributed by atoms with E-state index in [9.17, 15) is 4.79 Å². The van der Waals surface area contributed by atoms with Crippen LogP contribution in [0.15, 0.2) is 41.2 Å². The van der Waals surface area contributed by atoms with Gasteiger partial charge in [0.2, 0.25) is 5.95 Å². The maximum Gasteiger partial charge on any atom is 0.256 e. The fraction of sp³-hybridized carbons (Fsp3) is 0.520. The van der Waals surface area contributed by atoms with E-state index < -0.39 is 0 Å². The number of ether oxygens (including phenoxy) is 1. The molecule has 1 aliphatic rings. The SMILES string of the molecule is C/C=C\Cc1c(C)nc(NCCCOc2cccc(CN3CCCC(C)C3)c2)[nH]c1=O.Cl.Cl. The van der Waals surface area contributed by atoms with Gasteiger partial charge in [0, 0.05) is 25.2 Å². The molecule has 1 unspecified atom stereocenters. The molecule has 33 heavy (non-hydrogen) atoms. The highest BCUT2D eigenvalue weighted by molar-refractivity contribution is 5.85. The van der Waals surface area contributed by atoms with E-state index in [2.05, 4.69) is 45.3 Å². The molecule has 1 atom stereocenters. The van der Waals surface area contributed by atoms with Crippen LogP contribution in [0.2, 0.25) is 0 Å². The van der Waals surface area contributed by atoms with Crippen molar-refractivity contribution >= 4 is 30.8 Å². The Hall–Kier alpha value is -2.02. The lowest BCUT2D eigenvalue weighted by molar-refractivity contribution is 0.176. The van der Waals surface area contributed by atoms with Gasteiger partial charge in [-0.2, -0.15) is 0 Å². The van der Waals surface area contributed by atoms with Gasteiger partial charge in [0.15, 0.2) is 0 Å². The van der Waals surface area contributed by atoms with Crippen LogP contribution in [0, 0.1) is 12.8 Å². The average Bonchev–Trinajstić information content (AvgIpc) is 2.73. The predicted molar refractivity (Wildman–Crippen MR) is 141 cm³/mol. The fourth-order valence-corrected chi connectivity index (χ4v) is 4.06. The van der Waals surface area contributed by atoms with Crippen LogP contribution in [0.4, 0.5) is 5.95 Å². The molecule has 0 aliphatic carbocycles. The minimum atomic E-state index is -0.0794. The Balaban J connectivity index is 0.00000272. The smallest absolute Gasteiger partial charge is 0.256 e. The van der Waals surface area contributed by atoms with Gasteiger partial charge in [-0.25, -0.2) is 4.98 Å². The lowest BCUT2D eigenvalue weighted by Gasteiger charge is -2.30. The number of rotatable bonds is 10. The summed E-state index contributed by atoms with van der Waals surface area (Å²) >= 11 is 0. The number of piperidine rings is 1. The number of aryl methyl sites for hydroxylation is 1. The van der Waals surface area contributed by atoms with Crippen molar-refractivity contribution < 1.29 is 4.74 Å². The molecule has 0 radical (unpaired) electrons. The molecular formula is C25H38Cl2N4O2. The summed E-state index contributed by atoms with van der Waals surface area (Å²) in [6.07, 6.45) is 7.96. The Labute approximate surface area is 210 Å². The lowest BCUT2D eigenvalue weighted by atomic mass is 10.00. The van der Waals surface area contributed by atoms with Crippen molar-refractivity contribution in [3.63, 3.8) is 0 Å². The third-order valence-corrected chi connectivity index (χ3v) is 5.71. The first-order chi connectivity index (χ1) is 15.0. The molecule has 2 heterocycles. The summed E-state index contributed by atoms with van der Waals surface area (Å²) in [5, 5.41) is 3.19. The molecule has 1 fully saturated rings. The third-order valence-electron chi connectivity index (χ3n) is 5.71. The van der Waals surface area contributed by atoms with Crippen LogP contribution < -0.4 is 15.6 Å². The lowest BCUT2D eigenvalue weighted by Crippen LogP contribution is -2.33. The van der Waals surface area contributed by atoms with Gasteiger partial charge in [-0.1, -0.05) is 31.2 Å². The van der Waals surface area contributed by atoms with Crippen LogP contribution in [0.1, 0.15) is 49.9 Å². The van der Waals surface area contributed by atoms with Gasteiger partial charge in [-0.15, -0.1) is 24.8 Å². The summed E-state index contributed by atoms with van der Waals surface area (Å²) in [6.45, 7) is 10.8. The van der Waals surface area contributed by atoms with Crippen molar-refractivity contribution in [2.24, 2.45) is 5.92 Å². The molecular weight excluding hydrogens is 459 g/mol. The summed E-state index contributed by atoms with van der Waals surface area (Å²) in [5.74, 6) is 2.22. The summed E-state index contributed by atoms with van der Waals surface area (Å²) in [7, 11) is 0. The Morgan fingerprint density at radius 3 is 2.88 bits per heavy atom. The molecule has 0 saturated carbocycles. The number of nitrogens with one attached hydrogen (secondary N) is 2. The van der Waals surface area contributed by atoms with E-state index in [1.165, 1.54) is 31.5 Å². The van der Waals surface area contributed by atoms with Gasteiger partial charge in [0.05, 0.1) is 12.3 Å². The first kappa shape index (κ1) is 29.0. The molecule has 2 aromatic rings. The normalized spacial score (nSPS) is 16.2. The van der Waals surface area contributed by atoms with E-state index >= 15 is 0 Å². The number of halogens is 2. The van der Waals surface area contributed by atoms with Crippen LogP contribution in [0.25, 0.3) is 0 Å². The van der Waals surface area contributed by atoms with Crippen molar-refractivity contribution in [2.75, 3.05) is 31.6 Å². The first-order valence-corrected chi connectivity index (χ1v) is 11.4. The van der Waals surface area contributed by atoms with Gasteiger partial charge in [0.1, 0.15) is 5.75 Å². The van der Waals surface area contributed by atoms with E-state index in [-0.39, 0.29) is 30.4 Å². The zero-order chi connectivity index (χ0) is 22.1. The Morgan fingerprint density at radius 1 is 1.33 bits per heavy atom. The van der Waals surface area contributed by atoms with Crippen molar-refractivity contribution in [3.05, 3.63) is 63.6 Å². The number of hydrogen-bond donors (Lipinski definition) is 2. The van der Waals surface area contributed by atoms with Gasteiger partial charge < -0.3 is 10.1 Å². The number of likely N-dealkylation sites (tertiary alicyclic amines) is 1. The molecule has 3 rings (SSSR count).